The highest BCUT2D eigenvalue weighted by Gasteiger charge is 2.03. The van der Waals surface area contributed by atoms with Crippen molar-refractivity contribution in [3.63, 3.8) is 0 Å². The smallest absolute Gasteiger partial charge is 0.0705 e. The van der Waals surface area contributed by atoms with Crippen LogP contribution in [0.25, 0.3) is 10.9 Å². The van der Waals surface area contributed by atoms with E-state index in [1.54, 1.807) is 0 Å². The molecule has 0 aliphatic rings. The fraction of sp³-hybridized carbons (Fsp3) is 0.0625. The molecule has 3 rings (SSSR count). The molecule has 0 unspecified atom stereocenters. The predicted molar refractivity (Wildman–Crippen MR) is 88.2 cm³/mol. The zero-order valence-corrected chi connectivity index (χ0v) is 12.9. The molecule has 100 valence electrons. The van der Waals surface area contributed by atoms with Gasteiger partial charge in [-0.25, -0.2) is 0 Å². The van der Waals surface area contributed by atoms with Crippen molar-refractivity contribution in [2.45, 2.75) is 6.54 Å². The molecule has 0 spiro atoms. The minimum Gasteiger partial charge on any atom is -0.380 e. The van der Waals surface area contributed by atoms with Crippen LogP contribution in [-0.4, -0.2) is 4.98 Å². The number of rotatable bonds is 3. The molecule has 0 bridgehead atoms. The van der Waals surface area contributed by atoms with E-state index in [0.717, 1.165) is 21.1 Å². The highest BCUT2D eigenvalue weighted by molar-refractivity contribution is 9.10. The summed E-state index contributed by atoms with van der Waals surface area (Å²) in [5.74, 6) is 0. The fourth-order valence-corrected chi connectivity index (χ4v) is 2.87. The van der Waals surface area contributed by atoms with Crippen molar-refractivity contribution in [2.24, 2.45) is 0 Å². The number of hydrogen-bond acceptors (Lipinski definition) is 2. The monoisotopic (exact) mass is 346 g/mol. The molecule has 1 aromatic heterocycles. The first-order valence-electron chi connectivity index (χ1n) is 6.25. The first-order chi connectivity index (χ1) is 9.74. The van der Waals surface area contributed by atoms with Crippen LogP contribution in [-0.2, 0) is 6.54 Å². The third-order valence-electron chi connectivity index (χ3n) is 3.14. The normalized spacial score (nSPS) is 10.7. The molecule has 0 saturated carbocycles. The maximum atomic E-state index is 6.21. The van der Waals surface area contributed by atoms with E-state index in [2.05, 4.69) is 32.3 Å². The minimum absolute atomic E-state index is 0.706. The molecule has 0 atom stereocenters. The van der Waals surface area contributed by atoms with E-state index in [1.807, 2.05) is 48.7 Å². The molecule has 0 aliphatic heterocycles. The van der Waals surface area contributed by atoms with Crippen molar-refractivity contribution in [2.75, 3.05) is 5.32 Å². The first-order valence-corrected chi connectivity index (χ1v) is 7.43. The van der Waals surface area contributed by atoms with Crippen LogP contribution in [0.4, 0.5) is 5.69 Å². The number of hydrogen-bond donors (Lipinski definition) is 1. The Kier molecular flexibility index (Phi) is 3.90. The second kappa shape index (κ2) is 5.81. The van der Waals surface area contributed by atoms with Crippen molar-refractivity contribution in [1.29, 1.82) is 0 Å². The molecule has 0 aliphatic carbocycles. The predicted octanol–water partition coefficient (Wildman–Crippen LogP) is 5.26. The van der Waals surface area contributed by atoms with Gasteiger partial charge in [0.2, 0.25) is 0 Å². The van der Waals surface area contributed by atoms with Gasteiger partial charge in [0.05, 0.1) is 16.2 Å². The molecule has 1 N–H and O–H groups in total. The van der Waals surface area contributed by atoms with Crippen molar-refractivity contribution >= 4 is 44.1 Å². The molecule has 20 heavy (non-hydrogen) atoms. The first kappa shape index (κ1) is 13.4. The lowest BCUT2D eigenvalue weighted by atomic mass is 10.1. The number of halogens is 2. The van der Waals surface area contributed by atoms with Gasteiger partial charge in [-0.15, -0.1) is 0 Å². The van der Waals surface area contributed by atoms with Gasteiger partial charge in [0.1, 0.15) is 0 Å². The van der Waals surface area contributed by atoms with E-state index in [4.69, 9.17) is 11.6 Å². The molecule has 0 radical (unpaired) electrons. The Morgan fingerprint density at radius 2 is 1.95 bits per heavy atom. The molecule has 1 heterocycles. The Balaban J connectivity index is 1.87. The number of benzene rings is 2. The molecule has 3 aromatic rings. The van der Waals surface area contributed by atoms with E-state index < -0.39 is 0 Å². The van der Waals surface area contributed by atoms with Crippen molar-refractivity contribution in [1.82, 2.24) is 4.98 Å². The SMILES string of the molecule is Clc1cc(Br)ccc1NCc1ccnc2ccccc12. The van der Waals surface area contributed by atoms with Gasteiger partial charge in [-0.2, -0.15) is 0 Å². The summed E-state index contributed by atoms with van der Waals surface area (Å²) >= 11 is 9.61. The van der Waals surface area contributed by atoms with E-state index in [-0.39, 0.29) is 0 Å². The summed E-state index contributed by atoms with van der Waals surface area (Å²) in [4.78, 5) is 4.37. The summed E-state index contributed by atoms with van der Waals surface area (Å²) in [6.07, 6.45) is 1.84. The molecule has 0 fully saturated rings. The van der Waals surface area contributed by atoms with Crippen molar-refractivity contribution in [3.8, 4) is 0 Å². The summed E-state index contributed by atoms with van der Waals surface area (Å²) in [6.45, 7) is 0.713. The molecule has 2 nitrogen and oxygen atoms in total. The van der Waals surface area contributed by atoms with Crippen molar-refractivity contribution in [3.05, 3.63) is 69.8 Å². The number of nitrogens with one attached hydrogen (secondary N) is 1. The third-order valence-corrected chi connectivity index (χ3v) is 3.95. The summed E-state index contributed by atoms with van der Waals surface area (Å²) in [7, 11) is 0. The van der Waals surface area contributed by atoms with Gasteiger partial charge in [0, 0.05) is 22.6 Å². The summed E-state index contributed by atoms with van der Waals surface area (Å²) in [5, 5.41) is 5.24. The standard InChI is InChI=1S/C16H12BrClN2/c17-12-5-6-16(14(18)9-12)20-10-11-7-8-19-15-4-2-1-3-13(11)15/h1-9,20H,10H2. The fourth-order valence-electron chi connectivity index (χ4n) is 2.13. The molecule has 2 aromatic carbocycles. The van der Waals surface area contributed by atoms with E-state index >= 15 is 0 Å². The zero-order chi connectivity index (χ0) is 13.9. The molecular formula is C16H12BrClN2. The highest BCUT2D eigenvalue weighted by Crippen LogP contribution is 2.26. The Labute approximate surface area is 130 Å². The number of pyridine rings is 1. The summed E-state index contributed by atoms with van der Waals surface area (Å²) < 4.78 is 0.974. The van der Waals surface area contributed by atoms with E-state index in [9.17, 15) is 0 Å². The molecule has 0 saturated heterocycles. The van der Waals surface area contributed by atoms with E-state index in [1.165, 1.54) is 5.56 Å². The number of anilines is 1. The van der Waals surface area contributed by atoms with Gasteiger partial charge in [-0.1, -0.05) is 45.7 Å². The lowest BCUT2D eigenvalue weighted by molar-refractivity contribution is 1.16. The highest BCUT2D eigenvalue weighted by atomic mass is 79.9. The van der Waals surface area contributed by atoms with E-state index in [0.29, 0.717) is 11.6 Å². The Morgan fingerprint density at radius 3 is 2.80 bits per heavy atom. The maximum Gasteiger partial charge on any atom is 0.0705 e. The van der Waals surface area contributed by atoms with Crippen LogP contribution in [0.15, 0.2) is 59.2 Å². The molecule has 4 heteroatoms. The Hall–Kier alpha value is -1.58. The molecule has 0 amide bonds. The number of nitrogens with zero attached hydrogens (tertiary/aromatic N) is 1. The van der Waals surface area contributed by atoms with Crippen LogP contribution >= 0.6 is 27.5 Å². The average Bonchev–Trinajstić information content (AvgIpc) is 2.46. The van der Waals surface area contributed by atoms with Crippen LogP contribution in [0.5, 0.6) is 0 Å². The topological polar surface area (TPSA) is 24.9 Å². The summed E-state index contributed by atoms with van der Waals surface area (Å²) in [5.41, 5.74) is 3.14. The zero-order valence-electron chi connectivity index (χ0n) is 10.6. The van der Waals surface area contributed by atoms with Gasteiger partial charge in [-0.05, 0) is 35.9 Å². The van der Waals surface area contributed by atoms with Crippen molar-refractivity contribution < 1.29 is 0 Å². The van der Waals surface area contributed by atoms with Gasteiger partial charge in [0.15, 0.2) is 0 Å². The number of aromatic nitrogens is 1. The Bertz CT molecular complexity index is 753. The number of para-hydroxylation sites is 1. The number of fused-ring (bicyclic) bond motifs is 1. The third kappa shape index (κ3) is 2.79. The van der Waals surface area contributed by atoms with Crippen LogP contribution in [0, 0.1) is 0 Å². The average molecular weight is 348 g/mol. The lowest BCUT2D eigenvalue weighted by Crippen LogP contribution is -2.01. The van der Waals surface area contributed by atoms with Crippen LogP contribution < -0.4 is 5.32 Å². The second-order valence-corrected chi connectivity index (χ2v) is 5.79. The molecular weight excluding hydrogens is 336 g/mol. The maximum absolute atomic E-state index is 6.21. The summed E-state index contributed by atoms with van der Waals surface area (Å²) in [6, 6.07) is 16.0. The van der Waals surface area contributed by atoms with Crippen LogP contribution in [0.1, 0.15) is 5.56 Å². The van der Waals surface area contributed by atoms with Crippen LogP contribution in [0.2, 0.25) is 5.02 Å². The lowest BCUT2D eigenvalue weighted by Gasteiger charge is -2.10. The van der Waals surface area contributed by atoms with Gasteiger partial charge >= 0.3 is 0 Å². The second-order valence-electron chi connectivity index (χ2n) is 4.46. The Morgan fingerprint density at radius 1 is 1.10 bits per heavy atom. The van der Waals surface area contributed by atoms with Crippen LogP contribution in [0.3, 0.4) is 0 Å². The van der Waals surface area contributed by atoms with Gasteiger partial charge in [-0.3, -0.25) is 4.98 Å². The van der Waals surface area contributed by atoms with Gasteiger partial charge in [0.25, 0.3) is 0 Å². The largest absolute Gasteiger partial charge is 0.380 e. The minimum atomic E-state index is 0.706. The van der Waals surface area contributed by atoms with Gasteiger partial charge < -0.3 is 5.32 Å². The quantitative estimate of drug-likeness (QED) is 0.699.